The molecule has 0 bridgehead atoms. The van der Waals surface area contributed by atoms with E-state index in [9.17, 15) is 0 Å². The topological polar surface area (TPSA) is 15.3 Å². The van der Waals surface area contributed by atoms with Crippen LogP contribution in [0.15, 0.2) is 12.7 Å². The summed E-state index contributed by atoms with van der Waals surface area (Å²) in [4.78, 5) is 2.46. The minimum Gasteiger partial charge on any atom is -0.320 e. The minimum atomic E-state index is 0.636. The number of rotatable bonds is 9. The lowest BCUT2D eigenvalue weighted by atomic mass is 10.2. The van der Waals surface area contributed by atoms with Crippen LogP contribution in [-0.2, 0) is 0 Å². The van der Waals surface area contributed by atoms with Crippen LogP contribution >= 0.6 is 0 Å². The Morgan fingerprint density at radius 2 is 2.00 bits per heavy atom. The summed E-state index contributed by atoms with van der Waals surface area (Å²) >= 11 is 0. The molecule has 0 saturated carbocycles. The molecule has 2 heteroatoms. The molecule has 0 heterocycles. The van der Waals surface area contributed by atoms with Gasteiger partial charge in [-0.15, -0.1) is 6.58 Å². The van der Waals surface area contributed by atoms with E-state index in [1.54, 1.807) is 0 Å². The highest BCUT2D eigenvalue weighted by Crippen LogP contribution is 2.02. The van der Waals surface area contributed by atoms with Crippen LogP contribution in [0.1, 0.15) is 33.1 Å². The van der Waals surface area contributed by atoms with Gasteiger partial charge in [-0.2, -0.15) is 0 Å². The van der Waals surface area contributed by atoms with Gasteiger partial charge < -0.3 is 5.32 Å². The van der Waals surface area contributed by atoms with Crippen LogP contribution in [0.25, 0.3) is 0 Å². The van der Waals surface area contributed by atoms with E-state index in [-0.39, 0.29) is 0 Å². The van der Waals surface area contributed by atoms with Crippen molar-refractivity contribution in [3.63, 3.8) is 0 Å². The molecule has 0 atom stereocenters. The minimum absolute atomic E-state index is 0.636. The van der Waals surface area contributed by atoms with Crippen molar-refractivity contribution in [1.82, 2.24) is 10.2 Å². The highest BCUT2D eigenvalue weighted by molar-refractivity contribution is 4.75. The van der Waals surface area contributed by atoms with E-state index in [4.69, 9.17) is 0 Å². The first-order valence-corrected chi connectivity index (χ1v) is 5.72. The zero-order valence-electron chi connectivity index (χ0n) is 10.1. The third kappa shape index (κ3) is 7.10. The van der Waals surface area contributed by atoms with Crippen LogP contribution in [0, 0.1) is 0 Å². The average Bonchev–Trinajstić information content (AvgIpc) is 2.15. The lowest BCUT2D eigenvalue weighted by Crippen LogP contribution is -2.31. The van der Waals surface area contributed by atoms with Crippen LogP contribution in [0.3, 0.4) is 0 Å². The van der Waals surface area contributed by atoms with Gasteiger partial charge in [0.2, 0.25) is 0 Å². The maximum atomic E-state index is 3.79. The molecule has 0 aromatic carbocycles. The second-order valence-corrected chi connectivity index (χ2v) is 4.04. The molecule has 0 aromatic rings. The molecule has 0 saturated heterocycles. The predicted octanol–water partition coefficient (Wildman–Crippen LogP) is 2.27. The predicted molar refractivity (Wildman–Crippen MR) is 64.7 cm³/mol. The molecule has 0 aliphatic rings. The summed E-state index contributed by atoms with van der Waals surface area (Å²) < 4.78 is 0. The van der Waals surface area contributed by atoms with Crippen LogP contribution < -0.4 is 5.32 Å². The third-order valence-electron chi connectivity index (χ3n) is 2.47. The first-order valence-electron chi connectivity index (χ1n) is 5.72. The Balaban J connectivity index is 3.45. The zero-order chi connectivity index (χ0) is 10.8. The van der Waals surface area contributed by atoms with Crippen LogP contribution in [-0.4, -0.2) is 37.6 Å². The largest absolute Gasteiger partial charge is 0.320 e. The highest BCUT2D eigenvalue weighted by atomic mass is 15.1. The van der Waals surface area contributed by atoms with E-state index in [1.807, 2.05) is 13.1 Å². The van der Waals surface area contributed by atoms with Crippen LogP contribution in [0.2, 0.25) is 0 Å². The van der Waals surface area contributed by atoms with E-state index >= 15 is 0 Å². The van der Waals surface area contributed by atoms with E-state index in [2.05, 4.69) is 30.6 Å². The average molecular weight is 198 g/mol. The quantitative estimate of drug-likeness (QED) is 0.452. The molecule has 0 unspecified atom stereocenters. The molecule has 84 valence electrons. The van der Waals surface area contributed by atoms with Gasteiger partial charge in [0, 0.05) is 12.6 Å². The van der Waals surface area contributed by atoms with Gasteiger partial charge in [-0.3, -0.25) is 4.90 Å². The Morgan fingerprint density at radius 1 is 1.29 bits per heavy atom. The number of nitrogens with zero attached hydrogens (tertiary/aromatic N) is 1. The van der Waals surface area contributed by atoms with Crippen molar-refractivity contribution < 1.29 is 0 Å². The molecule has 0 amide bonds. The molecule has 0 spiro atoms. The van der Waals surface area contributed by atoms with Crippen LogP contribution in [0.5, 0.6) is 0 Å². The molecular weight excluding hydrogens is 172 g/mol. The Hall–Kier alpha value is -0.340. The molecule has 2 nitrogen and oxygen atoms in total. The Morgan fingerprint density at radius 3 is 2.50 bits per heavy atom. The van der Waals surface area contributed by atoms with Gasteiger partial charge in [-0.25, -0.2) is 0 Å². The number of hydrogen-bond donors (Lipinski definition) is 1. The summed E-state index contributed by atoms with van der Waals surface area (Å²) in [6.45, 7) is 11.6. The van der Waals surface area contributed by atoms with Gasteiger partial charge in [0.15, 0.2) is 0 Å². The second-order valence-electron chi connectivity index (χ2n) is 4.04. The van der Waals surface area contributed by atoms with Crippen molar-refractivity contribution in [1.29, 1.82) is 0 Å². The maximum absolute atomic E-state index is 3.79. The van der Waals surface area contributed by atoms with E-state index in [0.29, 0.717) is 6.04 Å². The highest BCUT2D eigenvalue weighted by Gasteiger charge is 2.05. The van der Waals surface area contributed by atoms with Gasteiger partial charge in [-0.1, -0.05) is 12.5 Å². The molecular formula is C12H26N2. The first-order chi connectivity index (χ1) is 6.72. The van der Waals surface area contributed by atoms with Crippen molar-refractivity contribution in [2.24, 2.45) is 0 Å². The summed E-state index contributed by atoms with van der Waals surface area (Å²) in [5, 5.41) is 3.17. The fourth-order valence-corrected chi connectivity index (χ4v) is 1.52. The smallest absolute Gasteiger partial charge is 0.0163 e. The lowest BCUT2D eigenvalue weighted by molar-refractivity contribution is 0.240. The summed E-state index contributed by atoms with van der Waals surface area (Å²) in [6.07, 6.45) is 5.90. The Kier molecular flexibility index (Phi) is 9.00. The van der Waals surface area contributed by atoms with Crippen molar-refractivity contribution in [2.75, 3.05) is 26.7 Å². The van der Waals surface area contributed by atoms with Gasteiger partial charge in [0.05, 0.1) is 0 Å². The monoisotopic (exact) mass is 198 g/mol. The zero-order valence-corrected chi connectivity index (χ0v) is 10.1. The number of nitrogens with one attached hydrogen (secondary N) is 1. The SMILES string of the molecule is C=CCN(CCCCCNC)C(C)C. The molecule has 14 heavy (non-hydrogen) atoms. The summed E-state index contributed by atoms with van der Waals surface area (Å²) in [7, 11) is 2.01. The van der Waals surface area contributed by atoms with Crippen molar-refractivity contribution in [3.8, 4) is 0 Å². The standard InChI is InChI=1S/C12H26N2/c1-5-10-14(12(2)3)11-8-6-7-9-13-4/h5,12-13H,1,6-11H2,2-4H3. The first kappa shape index (κ1) is 13.7. The molecule has 0 fully saturated rings. The fraction of sp³-hybridized carbons (Fsp3) is 0.833. The van der Waals surface area contributed by atoms with E-state index in [1.165, 1.54) is 25.8 Å². The van der Waals surface area contributed by atoms with Crippen molar-refractivity contribution >= 4 is 0 Å². The normalized spacial score (nSPS) is 11.2. The van der Waals surface area contributed by atoms with Crippen molar-refractivity contribution in [2.45, 2.75) is 39.2 Å². The molecule has 0 radical (unpaired) electrons. The summed E-state index contributed by atoms with van der Waals surface area (Å²) in [5.74, 6) is 0. The van der Waals surface area contributed by atoms with Crippen molar-refractivity contribution in [3.05, 3.63) is 12.7 Å². The number of hydrogen-bond acceptors (Lipinski definition) is 2. The van der Waals surface area contributed by atoms with Gasteiger partial charge in [0.25, 0.3) is 0 Å². The molecule has 0 rings (SSSR count). The Bertz CT molecular complexity index is 132. The van der Waals surface area contributed by atoms with E-state index < -0.39 is 0 Å². The van der Waals surface area contributed by atoms with E-state index in [0.717, 1.165) is 13.1 Å². The molecule has 0 aromatic heterocycles. The number of unbranched alkanes of at least 4 members (excludes halogenated alkanes) is 2. The fourth-order valence-electron chi connectivity index (χ4n) is 1.52. The maximum Gasteiger partial charge on any atom is 0.0163 e. The van der Waals surface area contributed by atoms with Gasteiger partial charge in [-0.05, 0) is 46.8 Å². The van der Waals surface area contributed by atoms with Crippen LogP contribution in [0.4, 0.5) is 0 Å². The summed E-state index contributed by atoms with van der Waals surface area (Å²) in [5.41, 5.74) is 0. The summed E-state index contributed by atoms with van der Waals surface area (Å²) in [6, 6.07) is 0.636. The third-order valence-corrected chi connectivity index (χ3v) is 2.47. The lowest BCUT2D eigenvalue weighted by Gasteiger charge is -2.24. The molecule has 0 aliphatic heterocycles. The Labute approximate surface area is 89.4 Å². The second kappa shape index (κ2) is 9.22. The van der Waals surface area contributed by atoms with Gasteiger partial charge in [0.1, 0.15) is 0 Å². The molecule has 1 N–H and O–H groups in total. The molecule has 0 aliphatic carbocycles. The van der Waals surface area contributed by atoms with Gasteiger partial charge >= 0.3 is 0 Å².